The van der Waals surface area contributed by atoms with Gasteiger partial charge in [-0.05, 0) is 41.5 Å². The van der Waals surface area contributed by atoms with Crippen LogP contribution in [0, 0.1) is 23.0 Å². The van der Waals surface area contributed by atoms with Crippen LogP contribution in [-0.4, -0.2) is 15.4 Å². The van der Waals surface area contributed by atoms with Crippen LogP contribution < -0.4 is 0 Å². The van der Waals surface area contributed by atoms with Gasteiger partial charge in [0.2, 0.25) is 0 Å². The zero-order valence-corrected chi connectivity index (χ0v) is 13.4. The Balaban J connectivity index is 2.08. The molecule has 9 heteroatoms. The number of nitrogens with zero attached hydrogens (tertiary/aromatic N) is 3. The van der Waals surface area contributed by atoms with E-state index in [1.165, 1.54) is 18.2 Å². The Hall–Kier alpha value is -3.54. The summed E-state index contributed by atoms with van der Waals surface area (Å²) in [7, 11) is 0. The number of hydrogen-bond acceptors (Lipinski definition) is 3. The summed E-state index contributed by atoms with van der Waals surface area (Å²) in [4.78, 5) is 0. The predicted octanol–water partition coefficient (Wildman–Crippen LogP) is 4.81. The molecule has 27 heavy (non-hydrogen) atoms. The minimum Gasteiger partial charge on any atom is -0.247 e. The van der Waals surface area contributed by atoms with Gasteiger partial charge in [-0.1, -0.05) is 17.4 Å². The lowest BCUT2D eigenvalue weighted by atomic mass is 10.0. The molecule has 0 amide bonds. The van der Waals surface area contributed by atoms with Crippen LogP contribution in [0.4, 0.5) is 22.0 Å². The van der Waals surface area contributed by atoms with Crippen LogP contribution in [0.2, 0.25) is 0 Å². The highest BCUT2D eigenvalue weighted by atomic mass is 19.4. The van der Waals surface area contributed by atoms with Crippen LogP contribution in [0.25, 0.3) is 23.4 Å². The van der Waals surface area contributed by atoms with Crippen LogP contribution in [0.15, 0.2) is 36.4 Å². The molecular weight excluding hydrogens is 367 g/mol. The minimum absolute atomic E-state index is 0.0280. The van der Waals surface area contributed by atoms with Gasteiger partial charge in [0.1, 0.15) is 23.4 Å². The second-order valence-corrected chi connectivity index (χ2v) is 5.52. The Morgan fingerprint density at radius 3 is 2.15 bits per heavy atom. The monoisotopic (exact) mass is 376 g/mol. The molecule has 2 aromatic carbocycles. The molecule has 0 radical (unpaired) electrons. The third kappa shape index (κ3) is 4.17. The van der Waals surface area contributed by atoms with Gasteiger partial charge in [-0.2, -0.15) is 18.4 Å². The highest BCUT2D eigenvalue weighted by Crippen LogP contribution is 2.34. The number of aromatic amines is 1. The van der Waals surface area contributed by atoms with Crippen molar-refractivity contribution in [2.24, 2.45) is 0 Å². The molecule has 1 heterocycles. The molecule has 0 saturated carbocycles. The average molecular weight is 376 g/mol. The molecular formula is C18H9F5N4. The molecule has 0 spiro atoms. The quantitative estimate of drug-likeness (QED) is 0.527. The van der Waals surface area contributed by atoms with E-state index < -0.39 is 23.4 Å². The molecule has 0 aliphatic heterocycles. The number of H-pyrrole nitrogens is 1. The van der Waals surface area contributed by atoms with Crippen LogP contribution in [0.3, 0.4) is 0 Å². The maximum Gasteiger partial charge on any atom is 0.416 e. The lowest BCUT2D eigenvalue weighted by Gasteiger charge is -2.10. The van der Waals surface area contributed by atoms with Gasteiger partial charge in [0.05, 0.1) is 5.56 Å². The van der Waals surface area contributed by atoms with Crippen LogP contribution in [-0.2, 0) is 6.18 Å². The molecule has 0 bridgehead atoms. The van der Waals surface area contributed by atoms with Crippen molar-refractivity contribution in [3.63, 3.8) is 0 Å². The Morgan fingerprint density at radius 1 is 0.926 bits per heavy atom. The van der Waals surface area contributed by atoms with Gasteiger partial charge in [-0.15, -0.1) is 5.10 Å². The second-order valence-electron chi connectivity index (χ2n) is 5.52. The van der Waals surface area contributed by atoms with Gasteiger partial charge in [0, 0.05) is 11.6 Å². The smallest absolute Gasteiger partial charge is 0.247 e. The molecule has 136 valence electrons. The van der Waals surface area contributed by atoms with Gasteiger partial charge < -0.3 is 0 Å². The summed E-state index contributed by atoms with van der Waals surface area (Å²) in [6, 6.07) is 7.61. The van der Waals surface area contributed by atoms with Crippen LogP contribution >= 0.6 is 0 Å². The number of aromatic nitrogens is 3. The maximum absolute atomic E-state index is 13.2. The largest absolute Gasteiger partial charge is 0.416 e. The molecule has 1 N–H and O–H groups in total. The summed E-state index contributed by atoms with van der Waals surface area (Å²) in [5, 5.41) is 18.4. The van der Waals surface area contributed by atoms with E-state index in [1.807, 2.05) is 0 Å². The fraction of sp³-hybridized carbons (Fsp3) is 0.0556. The first-order valence-electron chi connectivity index (χ1n) is 7.44. The topological polar surface area (TPSA) is 65.4 Å². The van der Waals surface area contributed by atoms with Gasteiger partial charge in [-0.25, -0.2) is 13.9 Å². The van der Waals surface area contributed by atoms with Crippen molar-refractivity contribution < 1.29 is 22.0 Å². The van der Waals surface area contributed by atoms with Crippen molar-refractivity contribution in [3.8, 4) is 17.3 Å². The summed E-state index contributed by atoms with van der Waals surface area (Å²) in [6.07, 6.45) is -2.08. The highest BCUT2D eigenvalue weighted by molar-refractivity contribution is 5.74. The van der Waals surface area contributed by atoms with Crippen molar-refractivity contribution in [2.45, 2.75) is 6.18 Å². The molecule has 1 aromatic heterocycles. The van der Waals surface area contributed by atoms with E-state index in [-0.39, 0.29) is 28.1 Å². The summed E-state index contributed by atoms with van der Waals surface area (Å²) in [5.41, 5.74) is -0.800. The van der Waals surface area contributed by atoms with Gasteiger partial charge in [0.25, 0.3) is 0 Å². The number of alkyl halides is 3. The SMILES string of the molecule is N#Cc1[nH]nnc1-c1cc(/C=C/c2cc(F)cc(F)c2)cc(C(F)(F)F)c1. The summed E-state index contributed by atoms with van der Waals surface area (Å²) < 4.78 is 66.1. The lowest BCUT2D eigenvalue weighted by Crippen LogP contribution is -2.05. The Labute approximate surface area is 149 Å². The number of nitriles is 1. The van der Waals surface area contributed by atoms with Crippen molar-refractivity contribution in [3.05, 3.63) is 70.4 Å². The minimum atomic E-state index is -4.64. The zero-order valence-electron chi connectivity index (χ0n) is 13.4. The molecule has 0 unspecified atom stereocenters. The van der Waals surface area contributed by atoms with Crippen molar-refractivity contribution in [1.82, 2.24) is 15.4 Å². The highest BCUT2D eigenvalue weighted by Gasteiger charge is 2.31. The Kier molecular flexibility index (Phi) is 4.73. The van der Waals surface area contributed by atoms with Gasteiger partial charge in [0.15, 0.2) is 5.69 Å². The second kappa shape index (κ2) is 6.99. The first kappa shape index (κ1) is 18.3. The fourth-order valence-corrected chi connectivity index (χ4v) is 2.42. The normalized spacial score (nSPS) is 11.7. The number of halogens is 5. The van der Waals surface area contributed by atoms with E-state index in [1.54, 1.807) is 6.07 Å². The molecule has 0 aliphatic rings. The molecule has 3 rings (SSSR count). The number of rotatable bonds is 3. The first-order chi connectivity index (χ1) is 12.8. The summed E-state index contributed by atoms with van der Waals surface area (Å²) >= 11 is 0. The van der Waals surface area contributed by atoms with E-state index in [0.29, 0.717) is 6.07 Å². The number of benzene rings is 2. The molecule has 4 nitrogen and oxygen atoms in total. The third-order valence-electron chi connectivity index (χ3n) is 3.57. The third-order valence-corrected chi connectivity index (χ3v) is 3.57. The standard InChI is InChI=1S/C18H9F5N4/c19-14-5-11(6-15(20)8-14)2-1-10-3-12(7-13(4-10)18(21,22)23)17-16(9-24)25-27-26-17/h1-8H,(H,25,26,27)/b2-1+. The van der Waals surface area contributed by atoms with E-state index in [2.05, 4.69) is 15.4 Å². The predicted molar refractivity (Wildman–Crippen MR) is 86.8 cm³/mol. The van der Waals surface area contributed by atoms with E-state index >= 15 is 0 Å². The van der Waals surface area contributed by atoms with Crippen LogP contribution in [0.5, 0.6) is 0 Å². The number of hydrogen-bond donors (Lipinski definition) is 1. The molecule has 0 aliphatic carbocycles. The maximum atomic E-state index is 13.2. The van der Waals surface area contributed by atoms with Crippen molar-refractivity contribution in [2.75, 3.05) is 0 Å². The van der Waals surface area contributed by atoms with Gasteiger partial charge >= 0.3 is 6.18 Å². The zero-order chi connectivity index (χ0) is 19.6. The fourth-order valence-electron chi connectivity index (χ4n) is 2.42. The summed E-state index contributed by atoms with van der Waals surface area (Å²) in [5.74, 6) is -1.61. The first-order valence-corrected chi connectivity index (χ1v) is 7.44. The summed E-state index contributed by atoms with van der Waals surface area (Å²) in [6.45, 7) is 0. The average Bonchev–Trinajstić information content (AvgIpc) is 3.07. The van der Waals surface area contributed by atoms with Crippen molar-refractivity contribution in [1.29, 1.82) is 5.26 Å². The van der Waals surface area contributed by atoms with E-state index in [4.69, 9.17) is 5.26 Å². The van der Waals surface area contributed by atoms with E-state index in [0.717, 1.165) is 24.3 Å². The van der Waals surface area contributed by atoms with E-state index in [9.17, 15) is 22.0 Å². The molecule has 0 saturated heterocycles. The lowest BCUT2D eigenvalue weighted by molar-refractivity contribution is -0.137. The van der Waals surface area contributed by atoms with Gasteiger partial charge in [-0.3, -0.25) is 0 Å². The number of nitrogens with one attached hydrogen (secondary N) is 1. The molecule has 0 fully saturated rings. The molecule has 0 atom stereocenters. The van der Waals surface area contributed by atoms with Crippen molar-refractivity contribution >= 4 is 12.2 Å². The Morgan fingerprint density at radius 2 is 1.56 bits per heavy atom. The molecule has 3 aromatic rings. The Bertz CT molecular complexity index is 1040. The van der Waals surface area contributed by atoms with Crippen LogP contribution in [0.1, 0.15) is 22.4 Å².